The molecule has 6 nitrogen and oxygen atoms in total. The monoisotopic (exact) mass is 463 g/mol. The fraction of sp³-hybridized carbons (Fsp3) is 0.565. The van der Waals surface area contributed by atoms with E-state index in [1.807, 2.05) is 43.7 Å². The van der Waals surface area contributed by atoms with E-state index in [4.69, 9.17) is 9.47 Å². The first-order valence-electron chi connectivity index (χ1n) is 10.6. The maximum Gasteiger partial charge on any atom is 0.410 e. The molecule has 0 bridgehead atoms. The third kappa shape index (κ3) is 4.52. The minimum Gasteiger partial charge on any atom is -0.460 e. The Morgan fingerprint density at radius 2 is 1.61 bits per heavy atom. The normalized spacial score (nSPS) is 19.2. The van der Waals surface area contributed by atoms with Crippen molar-refractivity contribution in [1.29, 1.82) is 0 Å². The molecule has 1 aliphatic carbocycles. The minimum atomic E-state index is -1.76. The lowest BCUT2D eigenvalue weighted by Gasteiger charge is -2.51. The summed E-state index contributed by atoms with van der Waals surface area (Å²) < 4.78 is 11.3. The Morgan fingerprint density at radius 1 is 1.06 bits per heavy atom. The number of hydrogen-bond acceptors (Lipinski definition) is 7. The van der Waals surface area contributed by atoms with E-state index >= 15 is 0 Å². The molecular formula is C23H29NO5S2. The molecule has 168 valence electrons. The first-order valence-corrected chi connectivity index (χ1v) is 12.4. The molecule has 0 radical (unpaired) electrons. The van der Waals surface area contributed by atoms with Crippen LogP contribution in [0.2, 0.25) is 0 Å². The van der Waals surface area contributed by atoms with Crippen LogP contribution in [0.15, 0.2) is 35.0 Å². The summed E-state index contributed by atoms with van der Waals surface area (Å²) in [6.45, 7) is 6.92. The number of nitrogens with zero attached hydrogens (tertiary/aromatic N) is 1. The molecule has 2 aromatic heterocycles. The van der Waals surface area contributed by atoms with Gasteiger partial charge < -0.3 is 19.5 Å². The number of carbonyl (C=O) groups excluding carboxylic acids is 2. The van der Waals surface area contributed by atoms with E-state index in [1.54, 1.807) is 17.0 Å². The summed E-state index contributed by atoms with van der Waals surface area (Å²) in [5.74, 6) is -0.608. The lowest BCUT2D eigenvalue weighted by Crippen LogP contribution is -2.53. The van der Waals surface area contributed by atoms with Crippen LogP contribution >= 0.6 is 22.7 Å². The number of aliphatic hydroxyl groups is 1. The van der Waals surface area contributed by atoms with Gasteiger partial charge in [0.1, 0.15) is 11.7 Å². The minimum absolute atomic E-state index is 0.105. The quantitative estimate of drug-likeness (QED) is 0.661. The third-order valence-corrected chi connectivity index (χ3v) is 8.08. The molecule has 4 rings (SSSR count). The highest BCUT2D eigenvalue weighted by molar-refractivity contribution is 7.12. The average molecular weight is 464 g/mol. The van der Waals surface area contributed by atoms with Crippen LogP contribution in [-0.2, 0) is 19.9 Å². The number of rotatable bonds is 4. The van der Waals surface area contributed by atoms with Crippen LogP contribution in [0.25, 0.3) is 0 Å². The first kappa shape index (κ1) is 22.3. The van der Waals surface area contributed by atoms with Crippen molar-refractivity contribution in [3.63, 3.8) is 0 Å². The Bertz CT molecular complexity index is 866. The van der Waals surface area contributed by atoms with Gasteiger partial charge in [-0.2, -0.15) is 0 Å². The van der Waals surface area contributed by atoms with Crippen LogP contribution in [0.5, 0.6) is 0 Å². The largest absolute Gasteiger partial charge is 0.460 e. The van der Waals surface area contributed by atoms with E-state index in [0.717, 1.165) is 25.7 Å². The first-order chi connectivity index (χ1) is 14.6. The molecular weight excluding hydrogens is 434 g/mol. The molecule has 2 aliphatic rings. The van der Waals surface area contributed by atoms with Crippen LogP contribution < -0.4 is 0 Å². The molecule has 2 fully saturated rings. The topological polar surface area (TPSA) is 76.1 Å². The summed E-state index contributed by atoms with van der Waals surface area (Å²) in [6, 6.07) is 7.17. The van der Waals surface area contributed by atoms with Crippen LogP contribution in [0.3, 0.4) is 0 Å². The highest BCUT2D eigenvalue weighted by Gasteiger charge is 2.51. The highest BCUT2D eigenvalue weighted by atomic mass is 32.1. The summed E-state index contributed by atoms with van der Waals surface area (Å²) >= 11 is 2.69. The van der Waals surface area contributed by atoms with Gasteiger partial charge in [0.05, 0.1) is 9.75 Å². The molecule has 8 heteroatoms. The van der Waals surface area contributed by atoms with Crippen LogP contribution in [-0.4, -0.2) is 46.9 Å². The van der Waals surface area contributed by atoms with E-state index in [0.29, 0.717) is 22.8 Å². The van der Waals surface area contributed by atoms with Crippen molar-refractivity contribution in [2.75, 3.05) is 13.1 Å². The lowest BCUT2D eigenvalue weighted by atomic mass is 9.61. The number of piperidine rings is 1. The van der Waals surface area contributed by atoms with Crippen molar-refractivity contribution >= 4 is 34.7 Å². The smallest absolute Gasteiger partial charge is 0.410 e. The van der Waals surface area contributed by atoms with Crippen molar-refractivity contribution in [3.05, 3.63) is 44.8 Å². The van der Waals surface area contributed by atoms with Crippen LogP contribution in [0, 0.1) is 5.41 Å². The molecule has 1 N–H and O–H groups in total. The van der Waals surface area contributed by atoms with Gasteiger partial charge in [-0.1, -0.05) is 12.1 Å². The van der Waals surface area contributed by atoms with E-state index in [1.165, 1.54) is 22.7 Å². The average Bonchev–Trinajstić information content (AvgIpc) is 3.39. The van der Waals surface area contributed by atoms with Gasteiger partial charge in [0, 0.05) is 13.1 Å². The molecule has 2 aromatic rings. The molecule has 0 unspecified atom stereocenters. The van der Waals surface area contributed by atoms with Gasteiger partial charge in [0.25, 0.3) is 0 Å². The number of ether oxygens (including phenoxy) is 2. The number of hydrogen-bond donors (Lipinski definition) is 1. The van der Waals surface area contributed by atoms with Gasteiger partial charge in [-0.25, -0.2) is 9.59 Å². The predicted octanol–water partition coefficient (Wildman–Crippen LogP) is 4.77. The Balaban J connectivity index is 1.34. The summed E-state index contributed by atoms with van der Waals surface area (Å²) in [6.07, 6.45) is 2.83. The van der Waals surface area contributed by atoms with Crippen molar-refractivity contribution in [3.8, 4) is 0 Å². The number of likely N-dealkylation sites (tertiary alicyclic amines) is 1. The van der Waals surface area contributed by atoms with E-state index in [2.05, 4.69) is 0 Å². The molecule has 0 aromatic carbocycles. The van der Waals surface area contributed by atoms with E-state index < -0.39 is 17.2 Å². The number of carbonyl (C=O) groups is 2. The molecule has 3 heterocycles. The van der Waals surface area contributed by atoms with Crippen molar-refractivity contribution in [2.24, 2.45) is 5.41 Å². The highest BCUT2D eigenvalue weighted by Crippen LogP contribution is 2.51. The SMILES string of the molecule is CC(C)(C)OC(=O)N1CCC2(CC1)CC(OC(=O)C(O)(c1cccs1)c1cccs1)C2. The molecule has 0 atom stereocenters. The Kier molecular flexibility index (Phi) is 5.91. The number of amides is 1. The summed E-state index contributed by atoms with van der Waals surface area (Å²) in [7, 11) is 0. The van der Waals surface area contributed by atoms with Crippen molar-refractivity contribution in [1.82, 2.24) is 4.90 Å². The van der Waals surface area contributed by atoms with Crippen LogP contribution in [0.4, 0.5) is 4.79 Å². The van der Waals surface area contributed by atoms with Gasteiger partial charge in [-0.3, -0.25) is 0 Å². The van der Waals surface area contributed by atoms with Gasteiger partial charge in [0.2, 0.25) is 5.60 Å². The standard InChI is InChI=1S/C23H29NO5S2/c1-21(2,3)29-20(26)24-10-8-22(9-11-24)14-16(15-22)28-19(25)23(27,17-6-4-12-30-17)18-7-5-13-31-18/h4-7,12-13,16,27H,8-11,14-15H2,1-3H3. The van der Waals surface area contributed by atoms with E-state index in [-0.39, 0.29) is 17.6 Å². The Morgan fingerprint density at radius 3 is 2.06 bits per heavy atom. The van der Waals surface area contributed by atoms with Gasteiger partial charge >= 0.3 is 12.1 Å². The van der Waals surface area contributed by atoms with Crippen molar-refractivity contribution < 1.29 is 24.2 Å². The van der Waals surface area contributed by atoms with Crippen molar-refractivity contribution in [2.45, 2.75) is 63.8 Å². The lowest BCUT2D eigenvalue weighted by molar-refractivity contribution is -0.181. The fourth-order valence-electron chi connectivity index (χ4n) is 4.42. The predicted molar refractivity (Wildman–Crippen MR) is 120 cm³/mol. The molecule has 1 aliphatic heterocycles. The summed E-state index contributed by atoms with van der Waals surface area (Å²) in [4.78, 5) is 28.3. The molecule has 1 spiro atoms. The molecule has 1 saturated heterocycles. The molecule has 1 amide bonds. The summed E-state index contributed by atoms with van der Waals surface area (Å²) in [5.41, 5.74) is -2.15. The fourth-order valence-corrected chi connectivity index (χ4v) is 6.13. The summed E-state index contributed by atoms with van der Waals surface area (Å²) in [5, 5.41) is 15.0. The second-order valence-electron chi connectivity index (χ2n) is 9.57. The van der Waals surface area contributed by atoms with Crippen LogP contribution in [0.1, 0.15) is 56.2 Å². The zero-order valence-corrected chi connectivity index (χ0v) is 19.8. The van der Waals surface area contributed by atoms with Gasteiger partial charge in [-0.05, 0) is 74.8 Å². The van der Waals surface area contributed by atoms with Gasteiger partial charge in [-0.15, -0.1) is 22.7 Å². The van der Waals surface area contributed by atoms with E-state index in [9.17, 15) is 14.7 Å². The second kappa shape index (κ2) is 8.22. The van der Waals surface area contributed by atoms with Gasteiger partial charge in [0.15, 0.2) is 0 Å². The zero-order valence-electron chi connectivity index (χ0n) is 18.1. The third-order valence-electron chi connectivity index (χ3n) is 6.12. The maximum absolute atomic E-state index is 13.1. The molecule has 31 heavy (non-hydrogen) atoms. The molecule has 1 saturated carbocycles. The zero-order chi connectivity index (χ0) is 22.3. The second-order valence-corrected chi connectivity index (χ2v) is 11.5. The Labute approximate surface area is 190 Å². The number of thiophene rings is 2. The Hall–Kier alpha value is -1.90. The maximum atomic E-state index is 13.1. The number of esters is 1.